The van der Waals surface area contributed by atoms with Crippen LogP contribution in [0.2, 0.25) is 0 Å². The van der Waals surface area contributed by atoms with Crippen molar-refractivity contribution in [2.45, 2.75) is 20.8 Å². The largest absolute Gasteiger partial charge is 0.496 e. The SMILES string of the molecule is CC.COC(=O)c1cc(C)cc(OC)c1Br. The first-order chi connectivity index (χ1) is 7.60. The van der Waals surface area contributed by atoms with E-state index in [1.54, 1.807) is 13.2 Å². The molecule has 90 valence electrons. The lowest BCUT2D eigenvalue weighted by Crippen LogP contribution is -2.03. The fourth-order valence-electron chi connectivity index (χ4n) is 1.14. The van der Waals surface area contributed by atoms with Crippen LogP contribution >= 0.6 is 15.9 Å². The van der Waals surface area contributed by atoms with Gasteiger partial charge in [0.2, 0.25) is 0 Å². The Labute approximate surface area is 105 Å². The van der Waals surface area contributed by atoms with E-state index in [4.69, 9.17) is 4.74 Å². The Morgan fingerprint density at radius 1 is 1.25 bits per heavy atom. The summed E-state index contributed by atoms with van der Waals surface area (Å²) in [5, 5.41) is 0. The predicted molar refractivity (Wildman–Crippen MR) is 68.1 cm³/mol. The summed E-state index contributed by atoms with van der Waals surface area (Å²) in [7, 11) is 2.91. The highest BCUT2D eigenvalue weighted by Crippen LogP contribution is 2.30. The molecule has 0 radical (unpaired) electrons. The second-order valence-corrected chi connectivity index (χ2v) is 3.61. The third-order valence-electron chi connectivity index (χ3n) is 1.81. The molecule has 1 rings (SSSR count). The van der Waals surface area contributed by atoms with Crippen LogP contribution in [0, 0.1) is 6.92 Å². The molecule has 0 heterocycles. The van der Waals surface area contributed by atoms with Gasteiger partial charge in [-0.25, -0.2) is 4.79 Å². The number of ether oxygens (including phenoxy) is 2. The first-order valence-corrected chi connectivity index (χ1v) is 5.82. The predicted octanol–water partition coefficient (Wildman–Crippen LogP) is 3.58. The lowest BCUT2D eigenvalue weighted by atomic mass is 10.1. The quantitative estimate of drug-likeness (QED) is 0.781. The van der Waals surface area contributed by atoms with Crippen LogP contribution < -0.4 is 4.74 Å². The van der Waals surface area contributed by atoms with E-state index < -0.39 is 0 Å². The summed E-state index contributed by atoms with van der Waals surface area (Å²) < 4.78 is 10.4. The maximum atomic E-state index is 11.3. The van der Waals surface area contributed by atoms with Gasteiger partial charge in [0.15, 0.2) is 0 Å². The molecule has 0 amide bonds. The Morgan fingerprint density at radius 2 is 1.81 bits per heavy atom. The van der Waals surface area contributed by atoms with E-state index in [1.807, 2.05) is 26.8 Å². The summed E-state index contributed by atoms with van der Waals surface area (Å²) >= 11 is 3.29. The Balaban J connectivity index is 0.00000106. The minimum absolute atomic E-state index is 0.376. The van der Waals surface area contributed by atoms with Gasteiger partial charge in [-0.05, 0) is 40.5 Å². The van der Waals surface area contributed by atoms with Gasteiger partial charge in [-0.15, -0.1) is 0 Å². The molecule has 1 aromatic carbocycles. The Morgan fingerprint density at radius 3 is 2.25 bits per heavy atom. The molecule has 0 atom stereocenters. The molecule has 0 spiro atoms. The summed E-state index contributed by atoms with van der Waals surface area (Å²) in [6, 6.07) is 3.59. The van der Waals surface area contributed by atoms with Crippen LogP contribution in [-0.4, -0.2) is 20.2 Å². The molecular weight excluding hydrogens is 272 g/mol. The van der Waals surface area contributed by atoms with E-state index in [-0.39, 0.29) is 5.97 Å². The highest BCUT2D eigenvalue weighted by molar-refractivity contribution is 9.10. The van der Waals surface area contributed by atoms with Crippen molar-refractivity contribution in [3.05, 3.63) is 27.7 Å². The number of hydrogen-bond donors (Lipinski definition) is 0. The van der Waals surface area contributed by atoms with Crippen molar-refractivity contribution in [3.63, 3.8) is 0 Å². The van der Waals surface area contributed by atoms with Crippen LogP contribution in [0.4, 0.5) is 0 Å². The number of hydrogen-bond acceptors (Lipinski definition) is 3. The van der Waals surface area contributed by atoms with Crippen LogP contribution in [0.5, 0.6) is 5.75 Å². The van der Waals surface area contributed by atoms with Gasteiger partial charge in [-0.1, -0.05) is 13.8 Å². The van der Waals surface area contributed by atoms with E-state index in [0.717, 1.165) is 5.56 Å². The normalized spacial score (nSPS) is 8.88. The van der Waals surface area contributed by atoms with E-state index >= 15 is 0 Å². The molecular formula is C12H17BrO3. The molecule has 0 saturated carbocycles. The van der Waals surface area contributed by atoms with E-state index in [9.17, 15) is 4.79 Å². The molecule has 0 aliphatic heterocycles. The molecule has 16 heavy (non-hydrogen) atoms. The van der Waals surface area contributed by atoms with Gasteiger partial charge < -0.3 is 9.47 Å². The molecule has 0 aliphatic rings. The molecule has 0 N–H and O–H groups in total. The number of esters is 1. The van der Waals surface area contributed by atoms with Crippen LogP contribution in [-0.2, 0) is 4.74 Å². The average molecular weight is 289 g/mol. The maximum Gasteiger partial charge on any atom is 0.339 e. The summed E-state index contributed by atoms with van der Waals surface area (Å²) in [6.45, 7) is 5.89. The van der Waals surface area contributed by atoms with Gasteiger partial charge in [-0.2, -0.15) is 0 Å². The average Bonchev–Trinajstić information content (AvgIpc) is 2.33. The van der Waals surface area contributed by atoms with Gasteiger partial charge >= 0.3 is 5.97 Å². The lowest BCUT2D eigenvalue weighted by molar-refractivity contribution is 0.0599. The van der Waals surface area contributed by atoms with Gasteiger partial charge in [-0.3, -0.25) is 0 Å². The van der Waals surface area contributed by atoms with Crippen molar-refractivity contribution in [2.24, 2.45) is 0 Å². The monoisotopic (exact) mass is 288 g/mol. The standard InChI is InChI=1S/C10H11BrO3.C2H6/c1-6-4-7(10(12)14-3)9(11)8(5-6)13-2;1-2/h4-5H,1-3H3;1-2H3. The number of carbonyl (C=O) groups excluding carboxylic acids is 1. The third kappa shape index (κ3) is 3.52. The zero-order valence-corrected chi connectivity index (χ0v) is 11.8. The van der Waals surface area contributed by atoms with Crippen molar-refractivity contribution < 1.29 is 14.3 Å². The first kappa shape index (κ1) is 15.0. The second kappa shape index (κ2) is 7.28. The van der Waals surface area contributed by atoms with Crippen molar-refractivity contribution in [2.75, 3.05) is 14.2 Å². The minimum atomic E-state index is -0.376. The van der Waals surface area contributed by atoms with Crippen LogP contribution in [0.1, 0.15) is 29.8 Å². The zero-order chi connectivity index (χ0) is 12.7. The first-order valence-electron chi connectivity index (χ1n) is 5.02. The Bertz CT molecular complexity index is 362. The summed E-state index contributed by atoms with van der Waals surface area (Å²) in [4.78, 5) is 11.3. The molecule has 0 bridgehead atoms. The van der Waals surface area contributed by atoms with Crippen molar-refractivity contribution in [1.82, 2.24) is 0 Å². The third-order valence-corrected chi connectivity index (χ3v) is 2.63. The van der Waals surface area contributed by atoms with Crippen molar-refractivity contribution in [3.8, 4) is 5.75 Å². The Kier molecular flexibility index (Phi) is 6.81. The van der Waals surface area contributed by atoms with Gasteiger partial charge in [0.05, 0.1) is 24.3 Å². The molecule has 4 heteroatoms. The number of carbonyl (C=O) groups is 1. The van der Waals surface area contributed by atoms with Crippen LogP contribution in [0.25, 0.3) is 0 Å². The van der Waals surface area contributed by atoms with Gasteiger partial charge in [0.1, 0.15) is 5.75 Å². The number of aryl methyl sites for hydroxylation is 1. The Hall–Kier alpha value is -1.03. The number of methoxy groups -OCH3 is 2. The fourth-order valence-corrected chi connectivity index (χ4v) is 1.70. The molecule has 0 saturated heterocycles. The number of benzene rings is 1. The molecule has 0 fully saturated rings. The van der Waals surface area contributed by atoms with Crippen LogP contribution in [0.3, 0.4) is 0 Å². The summed E-state index contributed by atoms with van der Waals surface area (Å²) in [5.41, 5.74) is 1.43. The summed E-state index contributed by atoms with van der Waals surface area (Å²) in [6.07, 6.45) is 0. The molecule has 1 aromatic rings. The smallest absolute Gasteiger partial charge is 0.339 e. The van der Waals surface area contributed by atoms with Gasteiger partial charge in [0, 0.05) is 0 Å². The highest BCUT2D eigenvalue weighted by atomic mass is 79.9. The van der Waals surface area contributed by atoms with E-state index in [1.165, 1.54) is 7.11 Å². The second-order valence-electron chi connectivity index (χ2n) is 2.82. The minimum Gasteiger partial charge on any atom is -0.496 e. The van der Waals surface area contributed by atoms with Gasteiger partial charge in [0.25, 0.3) is 0 Å². The molecule has 0 aliphatic carbocycles. The highest BCUT2D eigenvalue weighted by Gasteiger charge is 2.14. The molecule has 3 nitrogen and oxygen atoms in total. The lowest BCUT2D eigenvalue weighted by Gasteiger charge is -2.08. The number of rotatable bonds is 2. The maximum absolute atomic E-state index is 11.3. The number of halogens is 1. The van der Waals surface area contributed by atoms with Crippen molar-refractivity contribution >= 4 is 21.9 Å². The zero-order valence-electron chi connectivity index (χ0n) is 10.3. The van der Waals surface area contributed by atoms with Crippen LogP contribution in [0.15, 0.2) is 16.6 Å². The summed E-state index contributed by atoms with van der Waals surface area (Å²) in [5.74, 6) is 0.254. The van der Waals surface area contributed by atoms with E-state index in [0.29, 0.717) is 15.8 Å². The van der Waals surface area contributed by atoms with Crippen molar-refractivity contribution in [1.29, 1.82) is 0 Å². The molecule has 0 aromatic heterocycles. The fraction of sp³-hybridized carbons (Fsp3) is 0.417. The molecule has 0 unspecified atom stereocenters. The topological polar surface area (TPSA) is 35.5 Å². The van der Waals surface area contributed by atoms with E-state index in [2.05, 4.69) is 20.7 Å².